The summed E-state index contributed by atoms with van der Waals surface area (Å²) in [7, 11) is 0. The maximum absolute atomic E-state index is 11.9. The molecule has 0 aliphatic heterocycles. The van der Waals surface area contributed by atoms with Crippen LogP contribution in [0, 0.1) is 11.3 Å². The summed E-state index contributed by atoms with van der Waals surface area (Å²) in [5.41, 5.74) is -0.283. The SMILES string of the molecule is CC(=O)NC(C(=O)NCC(O)C(C)(C)C)C(C)C. The molecule has 0 radical (unpaired) electrons. The first-order valence-corrected chi connectivity index (χ1v) is 6.28. The van der Waals surface area contributed by atoms with Gasteiger partial charge in [0.2, 0.25) is 11.8 Å². The van der Waals surface area contributed by atoms with Gasteiger partial charge in [0.05, 0.1) is 6.10 Å². The fourth-order valence-corrected chi connectivity index (χ4v) is 1.37. The molecule has 2 amide bonds. The highest BCUT2D eigenvalue weighted by atomic mass is 16.3. The summed E-state index contributed by atoms with van der Waals surface area (Å²) < 4.78 is 0. The lowest BCUT2D eigenvalue weighted by Crippen LogP contribution is -2.51. The predicted octanol–water partition coefficient (Wildman–Crippen LogP) is 0.670. The number of hydrogen-bond acceptors (Lipinski definition) is 3. The Labute approximate surface area is 109 Å². The molecule has 18 heavy (non-hydrogen) atoms. The Morgan fingerprint density at radius 2 is 1.72 bits per heavy atom. The molecule has 3 N–H and O–H groups in total. The Morgan fingerprint density at radius 3 is 2.06 bits per heavy atom. The van der Waals surface area contributed by atoms with Crippen LogP contribution in [-0.2, 0) is 9.59 Å². The first-order chi connectivity index (χ1) is 8.05. The van der Waals surface area contributed by atoms with Gasteiger partial charge in [-0.05, 0) is 11.3 Å². The molecule has 0 bridgehead atoms. The summed E-state index contributed by atoms with van der Waals surface area (Å²) in [5, 5.41) is 15.1. The molecule has 0 spiro atoms. The van der Waals surface area contributed by atoms with E-state index in [-0.39, 0.29) is 29.7 Å². The van der Waals surface area contributed by atoms with Gasteiger partial charge >= 0.3 is 0 Å². The maximum atomic E-state index is 11.9. The van der Waals surface area contributed by atoms with Crippen molar-refractivity contribution in [3.8, 4) is 0 Å². The fraction of sp³-hybridized carbons (Fsp3) is 0.846. The second-order valence-electron chi connectivity index (χ2n) is 6.05. The van der Waals surface area contributed by atoms with Crippen molar-refractivity contribution in [2.45, 2.75) is 53.7 Å². The van der Waals surface area contributed by atoms with Crippen molar-refractivity contribution in [3.63, 3.8) is 0 Å². The molecular weight excluding hydrogens is 232 g/mol. The van der Waals surface area contributed by atoms with E-state index in [0.29, 0.717) is 0 Å². The number of aliphatic hydroxyl groups is 1. The van der Waals surface area contributed by atoms with Gasteiger partial charge in [-0.3, -0.25) is 9.59 Å². The zero-order chi connectivity index (χ0) is 14.5. The minimum absolute atomic E-state index is 0.000629. The third kappa shape index (κ3) is 6.00. The van der Waals surface area contributed by atoms with E-state index in [1.54, 1.807) is 0 Å². The first kappa shape index (κ1) is 16.9. The topological polar surface area (TPSA) is 78.4 Å². The van der Waals surface area contributed by atoms with Gasteiger partial charge in [0.25, 0.3) is 0 Å². The van der Waals surface area contributed by atoms with Crippen LogP contribution in [0.15, 0.2) is 0 Å². The van der Waals surface area contributed by atoms with Crippen molar-refractivity contribution in [2.75, 3.05) is 6.54 Å². The highest BCUT2D eigenvalue weighted by molar-refractivity contribution is 5.87. The molecule has 5 nitrogen and oxygen atoms in total. The highest BCUT2D eigenvalue weighted by Gasteiger charge is 2.26. The number of amides is 2. The molecule has 2 unspecified atom stereocenters. The molecule has 0 rings (SSSR count). The minimum atomic E-state index is -0.619. The molecule has 0 saturated carbocycles. The molecule has 0 heterocycles. The third-order valence-corrected chi connectivity index (χ3v) is 2.78. The molecule has 0 aromatic heterocycles. The maximum Gasteiger partial charge on any atom is 0.242 e. The van der Waals surface area contributed by atoms with E-state index in [2.05, 4.69) is 10.6 Å². The highest BCUT2D eigenvalue weighted by Crippen LogP contribution is 2.18. The van der Waals surface area contributed by atoms with E-state index in [1.807, 2.05) is 34.6 Å². The van der Waals surface area contributed by atoms with E-state index in [4.69, 9.17) is 0 Å². The van der Waals surface area contributed by atoms with Crippen LogP contribution >= 0.6 is 0 Å². The van der Waals surface area contributed by atoms with Gasteiger partial charge in [-0.15, -0.1) is 0 Å². The fourth-order valence-electron chi connectivity index (χ4n) is 1.37. The lowest BCUT2D eigenvalue weighted by molar-refractivity contribution is -0.129. The van der Waals surface area contributed by atoms with Gasteiger partial charge in [-0.2, -0.15) is 0 Å². The molecule has 0 aliphatic carbocycles. The Kier molecular flexibility index (Phi) is 6.32. The van der Waals surface area contributed by atoms with Crippen LogP contribution in [0.5, 0.6) is 0 Å². The number of carbonyl (C=O) groups excluding carboxylic acids is 2. The van der Waals surface area contributed by atoms with Crippen LogP contribution in [0.1, 0.15) is 41.5 Å². The second kappa shape index (κ2) is 6.73. The van der Waals surface area contributed by atoms with Gasteiger partial charge in [-0.25, -0.2) is 0 Å². The van der Waals surface area contributed by atoms with E-state index in [1.165, 1.54) is 6.92 Å². The van der Waals surface area contributed by atoms with Crippen molar-refractivity contribution in [1.82, 2.24) is 10.6 Å². The second-order valence-corrected chi connectivity index (χ2v) is 6.05. The van der Waals surface area contributed by atoms with Crippen molar-refractivity contribution in [2.24, 2.45) is 11.3 Å². The standard InChI is InChI=1S/C13H26N2O3/c1-8(2)11(15-9(3)16)12(18)14-7-10(17)13(4,5)6/h8,10-11,17H,7H2,1-6H3,(H,14,18)(H,15,16). The zero-order valence-electron chi connectivity index (χ0n) is 12.2. The summed E-state index contributed by atoms with van der Waals surface area (Å²) in [6, 6.07) is -0.560. The van der Waals surface area contributed by atoms with Crippen LogP contribution in [0.2, 0.25) is 0 Å². The monoisotopic (exact) mass is 258 g/mol. The number of hydrogen-bond donors (Lipinski definition) is 3. The van der Waals surface area contributed by atoms with Crippen LogP contribution < -0.4 is 10.6 Å². The Bertz CT molecular complexity index is 295. The summed E-state index contributed by atoms with van der Waals surface area (Å²) in [6.07, 6.45) is -0.619. The molecule has 2 atom stereocenters. The molecule has 5 heteroatoms. The van der Waals surface area contributed by atoms with Crippen molar-refractivity contribution >= 4 is 11.8 Å². The Balaban J connectivity index is 4.40. The average Bonchev–Trinajstić information content (AvgIpc) is 2.19. The van der Waals surface area contributed by atoms with Crippen LogP contribution in [0.4, 0.5) is 0 Å². The van der Waals surface area contributed by atoms with Gasteiger partial charge < -0.3 is 15.7 Å². The Hall–Kier alpha value is -1.10. The summed E-state index contributed by atoms with van der Waals surface area (Å²) in [4.78, 5) is 22.9. The van der Waals surface area contributed by atoms with E-state index >= 15 is 0 Å². The van der Waals surface area contributed by atoms with Gasteiger partial charge in [0, 0.05) is 13.5 Å². The van der Waals surface area contributed by atoms with Crippen LogP contribution in [-0.4, -0.2) is 35.6 Å². The molecule has 0 aliphatic rings. The van der Waals surface area contributed by atoms with E-state index < -0.39 is 12.1 Å². The van der Waals surface area contributed by atoms with Crippen molar-refractivity contribution < 1.29 is 14.7 Å². The number of rotatable bonds is 5. The average molecular weight is 258 g/mol. The molecular formula is C13H26N2O3. The summed E-state index contributed by atoms with van der Waals surface area (Å²) in [5.74, 6) is -0.496. The smallest absolute Gasteiger partial charge is 0.242 e. The Morgan fingerprint density at radius 1 is 1.22 bits per heavy atom. The predicted molar refractivity (Wildman–Crippen MR) is 70.9 cm³/mol. The van der Waals surface area contributed by atoms with Crippen LogP contribution in [0.3, 0.4) is 0 Å². The van der Waals surface area contributed by atoms with E-state index in [9.17, 15) is 14.7 Å². The van der Waals surface area contributed by atoms with Gasteiger partial charge in [-0.1, -0.05) is 34.6 Å². The number of carbonyl (C=O) groups is 2. The minimum Gasteiger partial charge on any atom is -0.391 e. The summed E-state index contributed by atoms with van der Waals surface area (Å²) in [6.45, 7) is 11.0. The molecule has 0 fully saturated rings. The first-order valence-electron chi connectivity index (χ1n) is 6.28. The molecule has 0 aromatic carbocycles. The van der Waals surface area contributed by atoms with Gasteiger partial charge in [0.1, 0.15) is 6.04 Å². The quantitative estimate of drug-likeness (QED) is 0.678. The van der Waals surface area contributed by atoms with Crippen molar-refractivity contribution in [3.05, 3.63) is 0 Å². The molecule has 0 aromatic rings. The van der Waals surface area contributed by atoms with Crippen LogP contribution in [0.25, 0.3) is 0 Å². The lowest BCUT2D eigenvalue weighted by atomic mass is 9.89. The normalized spacial score (nSPS) is 15.1. The van der Waals surface area contributed by atoms with Gasteiger partial charge in [0.15, 0.2) is 0 Å². The van der Waals surface area contributed by atoms with Crippen molar-refractivity contribution in [1.29, 1.82) is 0 Å². The number of nitrogens with one attached hydrogen (secondary N) is 2. The molecule has 0 saturated heterocycles. The number of aliphatic hydroxyl groups excluding tert-OH is 1. The largest absolute Gasteiger partial charge is 0.391 e. The lowest BCUT2D eigenvalue weighted by Gasteiger charge is -2.27. The summed E-state index contributed by atoms with van der Waals surface area (Å²) >= 11 is 0. The van der Waals surface area contributed by atoms with E-state index in [0.717, 1.165) is 0 Å². The zero-order valence-corrected chi connectivity index (χ0v) is 12.2. The molecule has 106 valence electrons. The third-order valence-electron chi connectivity index (χ3n) is 2.78.